The summed E-state index contributed by atoms with van der Waals surface area (Å²) in [5.41, 5.74) is 1.44. The number of nitro groups is 1. The van der Waals surface area contributed by atoms with Crippen molar-refractivity contribution in [3.8, 4) is 0 Å². The first-order valence-corrected chi connectivity index (χ1v) is 8.93. The van der Waals surface area contributed by atoms with Crippen LogP contribution in [-0.4, -0.2) is 10.8 Å². The molecular formula is C20H15FN2O3S. The molecule has 0 fully saturated rings. The summed E-state index contributed by atoms with van der Waals surface area (Å²) in [5, 5.41) is 15.5. The van der Waals surface area contributed by atoms with Gasteiger partial charge in [0.1, 0.15) is 5.82 Å². The highest BCUT2D eigenvalue weighted by Gasteiger charge is 2.17. The smallest absolute Gasteiger partial charge is 0.269 e. The van der Waals surface area contributed by atoms with Gasteiger partial charge in [-0.25, -0.2) is 4.39 Å². The molecule has 3 aromatic rings. The Morgan fingerprint density at radius 3 is 2.41 bits per heavy atom. The van der Waals surface area contributed by atoms with Gasteiger partial charge in [-0.1, -0.05) is 18.2 Å². The van der Waals surface area contributed by atoms with Crippen LogP contribution in [0, 0.1) is 15.9 Å². The first-order chi connectivity index (χ1) is 13.0. The molecular weight excluding hydrogens is 367 g/mol. The monoisotopic (exact) mass is 382 g/mol. The molecule has 1 unspecified atom stereocenters. The summed E-state index contributed by atoms with van der Waals surface area (Å²) >= 11 is 1.49. The molecule has 5 nitrogen and oxygen atoms in total. The van der Waals surface area contributed by atoms with Crippen LogP contribution >= 0.6 is 11.3 Å². The van der Waals surface area contributed by atoms with E-state index in [0.717, 1.165) is 10.4 Å². The van der Waals surface area contributed by atoms with E-state index in [9.17, 15) is 19.3 Å². The molecule has 0 spiro atoms. The third-order valence-electron chi connectivity index (χ3n) is 3.85. The number of amides is 1. The van der Waals surface area contributed by atoms with Crippen LogP contribution in [0.3, 0.4) is 0 Å². The largest absolute Gasteiger partial charge is 0.341 e. The highest BCUT2D eigenvalue weighted by atomic mass is 32.1. The number of non-ortho nitro benzene ring substituents is 1. The van der Waals surface area contributed by atoms with E-state index in [4.69, 9.17) is 0 Å². The zero-order chi connectivity index (χ0) is 19.2. The number of benzene rings is 2. The van der Waals surface area contributed by atoms with E-state index >= 15 is 0 Å². The number of thiophene rings is 1. The van der Waals surface area contributed by atoms with E-state index in [1.54, 1.807) is 30.3 Å². The molecule has 1 aromatic heterocycles. The lowest BCUT2D eigenvalue weighted by molar-refractivity contribution is -0.384. The number of nitrogens with zero attached hydrogens (tertiary/aromatic N) is 1. The molecule has 3 rings (SSSR count). The summed E-state index contributed by atoms with van der Waals surface area (Å²) in [4.78, 5) is 23.5. The Morgan fingerprint density at radius 1 is 1.11 bits per heavy atom. The molecule has 0 saturated heterocycles. The van der Waals surface area contributed by atoms with Crippen molar-refractivity contribution in [3.63, 3.8) is 0 Å². The summed E-state index contributed by atoms with van der Waals surface area (Å²) in [7, 11) is 0. The molecule has 0 aliphatic heterocycles. The second-order valence-corrected chi connectivity index (χ2v) is 6.67. The Hall–Kier alpha value is -3.32. The molecule has 27 heavy (non-hydrogen) atoms. The second-order valence-electron chi connectivity index (χ2n) is 5.69. The quantitative estimate of drug-likeness (QED) is 0.381. The number of nitrogens with one attached hydrogen (secondary N) is 1. The minimum Gasteiger partial charge on any atom is -0.341 e. The molecule has 1 atom stereocenters. The van der Waals surface area contributed by atoms with Gasteiger partial charge in [0.05, 0.1) is 11.0 Å². The normalized spacial score (nSPS) is 12.0. The third-order valence-corrected chi connectivity index (χ3v) is 4.79. The third kappa shape index (κ3) is 4.86. The zero-order valence-corrected chi connectivity index (χ0v) is 14.9. The van der Waals surface area contributed by atoms with Gasteiger partial charge < -0.3 is 5.32 Å². The van der Waals surface area contributed by atoms with Gasteiger partial charge in [0.15, 0.2) is 0 Å². The predicted octanol–water partition coefficient (Wildman–Crippen LogP) is 4.71. The first kappa shape index (κ1) is 18.5. The highest BCUT2D eigenvalue weighted by Crippen LogP contribution is 2.26. The fourth-order valence-electron chi connectivity index (χ4n) is 2.50. The van der Waals surface area contributed by atoms with E-state index in [0.29, 0.717) is 5.56 Å². The molecule has 136 valence electrons. The maximum Gasteiger partial charge on any atom is 0.269 e. The summed E-state index contributed by atoms with van der Waals surface area (Å²) in [6.45, 7) is 0. The van der Waals surface area contributed by atoms with E-state index in [1.165, 1.54) is 41.7 Å². The van der Waals surface area contributed by atoms with Crippen LogP contribution in [0.25, 0.3) is 6.08 Å². The molecule has 1 amide bonds. The van der Waals surface area contributed by atoms with Crippen LogP contribution in [0.5, 0.6) is 0 Å². The summed E-state index contributed by atoms with van der Waals surface area (Å²) in [6, 6.07) is 15.3. The summed E-state index contributed by atoms with van der Waals surface area (Å²) < 4.78 is 13.2. The van der Waals surface area contributed by atoms with Crippen LogP contribution in [0.2, 0.25) is 0 Å². The van der Waals surface area contributed by atoms with Crippen LogP contribution in [-0.2, 0) is 4.79 Å². The Kier molecular flexibility index (Phi) is 5.73. The van der Waals surface area contributed by atoms with Crippen LogP contribution in [0.4, 0.5) is 10.1 Å². The molecule has 0 bridgehead atoms. The Labute approximate surface area is 158 Å². The van der Waals surface area contributed by atoms with Gasteiger partial charge in [-0.05, 0) is 52.9 Å². The van der Waals surface area contributed by atoms with Crippen molar-refractivity contribution in [2.24, 2.45) is 0 Å². The Bertz CT molecular complexity index is 952. The SMILES string of the molecule is O=C(C=Cc1ccc([N+](=O)[O-])cc1)NC(c1ccc(F)cc1)c1cccs1. The van der Waals surface area contributed by atoms with Gasteiger partial charge in [-0.2, -0.15) is 0 Å². The number of hydrogen-bond acceptors (Lipinski definition) is 4. The van der Waals surface area contributed by atoms with Crippen LogP contribution in [0.1, 0.15) is 22.0 Å². The van der Waals surface area contributed by atoms with E-state index < -0.39 is 4.92 Å². The van der Waals surface area contributed by atoms with Gasteiger partial charge in [0.2, 0.25) is 5.91 Å². The minimum absolute atomic E-state index is 0.00864. The van der Waals surface area contributed by atoms with Gasteiger partial charge in [0, 0.05) is 23.1 Å². The highest BCUT2D eigenvalue weighted by molar-refractivity contribution is 7.10. The average Bonchev–Trinajstić information content (AvgIpc) is 3.20. The fourth-order valence-corrected chi connectivity index (χ4v) is 3.30. The van der Waals surface area contributed by atoms with Gasteiger partial charge in [-0.15, -0.1) is 11.3 Å². The lowest BCUT2D eigenvalue weighted by Crippen LogP contribution is -2.27. The number of nitro benzene ring substituents is 1. The Balaban J connectivity index is 1.74. The number of halogens is 1. The van der Waals surface area contributed by atoms with Gasteiger partial charge in [-0.3, -0.25) is 14.9 Å². The average molecular weight is 382 g/mol. The van der Waals surface area contributed by atoms with Crippen molar-refractivity contribution < 1.29 is 14.1 Å². The molecule has 0 aliphatic rings. The van der Waals surface area contributed by atoms with E-state index in [2.05, 4.69) is 5.32 Å². The number of rotatable bonds is 6. The first-order valence-electron chi connectivity index (χ1n) is 8.05. The van der Waals surface area contributed by atoms with Gasteiger partial charge >= 0.3 is 0 Å². The van der Waals surface area contributed by atoms with Crippen molar-refractivity contribution in [2.75, 3.05) is 0 Å². The van der Waals surface area contributed by atoms with Gasteiger partial charge in [0.25, 0.3) is 5.69 Å². The topological polar surface area (TPSA) is 72.2 Å². The maximum absolute atomic E-state index is 13.2. The van der Waals surface area contributed by atoms with Crippen molar-refractivity contribution in [3.05, 3.63) is 104 Å². The predicted molar refractivity (Wildman–Crippen MR) is 103 cm³/mol. The molecule has 7 heteroatoms. The molecule has 2 aromatic carbocycles. The minimum atomic E-state index is -0.478. The molecule has 1 N–H and O–H groups in total. The van der Waals surface area contributed by atoms with Crippen molar-refractivity contribution in [1.82, 2.24) is 5.32 Å². The van der Waals surface area contributed by atoms with Crippen LogP contribution < -0.4 is 5.32 Å². The lowest BCUT2D eigenvalue weighted by atomic mass is 10.1. The van der Waals surface area contributed by atoms with Crippen molar-refractivity contribution >= 4 is 29.0 Å². The molecule has 0 saturated carbocycles. The van der Waals surface area contributed by atoms with E-state index in [-0.39, 0.29) is 23.5 Å². The van der Waals surface area contributed by atoms with Crippen LogP contribution in [0.15, 0.2) is 72.1 Å². The molecule has 1 heterocycles. The molecule has 0 aliphatic carbocycles. The second kappa shape index (κ2) is 8.37. The zero-order valence-electron chi connectivity index (χ0n) is 14.0. The van der Waals surface area contributed by atoms with Crippen molar-refractivity contribution in [2.45, 2.75) is 6.04 Å². The Morgan fingerprint density at radius 2 is 1.81 bits per heavy atom. The fraction of sp³-hybridized carbons (Fsp3) is 0.0500. The van der Waals surface area contributed by atoms with E-state index in [1.807, 2.05) is 17.5 Å². The summed E-state index contributed by atoms with van der Waals surface area (Å²) in [5.74, 6) is -0.663. The molecule has 0 radical (unpaired) electrons. The standard InChI is InChI=1S/C20H15FN2O3S/c21-16-8-6-15(7-9-16)20(18-2-1-13-27-18)22-19(24)12-5-14-3-10-17(11-4-14)23(25)26/h1-13,20H,(H,22,24). The maximum atomic E-state index is 13.2. The van der Waals surface area contributed by atoms with Crippen molar-refractivity contribution in [1.29, 1.82) is 0 Å². The number of hydrogen-bond donors (Lipinski definition) is 1. The number of carbonyl (C=O) groups is 1. The lowest BCUT2D eigenvalue weighted by Gasteiger charge is -2.17. The summed E-state index contributed by atoms with van der Waals surface area (Å²) in [6.07, 6.45) is 2.94. The number of carbonyl (C=O) groups excluding carboxylic acids is 1.